The Morgan fingerprint density at radius 3 is 3.17 bits per heavy atom. The predicted molar refractivity (Wildman–Crippen MR) is 111 cm³/mol. The molecule has 2 aliphatic rings. The van der Waals surface area contributed by atoms with Gasteiger partial charge in [0.05, 0.1) is 36.4 Å². The van der Waals surface area contributed by atoms with Crippen molar-refractivity contribution < 1.29 is 9.84 Å². The lowest BCUT2D eigenvalue weighted by Gasteiger charge is -2.21. The van der Waals surface area contributed by atoms with E-state index in [0.717, 1.165) is 35.5 Å². The van der Waals surface area contributed by atoms with Crippen LogP contribution in [-0.2, 0) is 12.0 Å². The summed E-state index contributed by atoms with van der Waals surface area (Å²) in [5.74, 6) is 1.10. The number of fused-ring (bicyclic) bond motifs is 2. The lowest BCUT2D eigenvalue weighted by Crippen LogP contribution is -2.28. The van der Waals surface area contributed by atoms with Crippen molar-refractivity contribution in [1.82, 2.24) is 19.7 Å². The van der Waals surface area contributed by atoms with E-state index in [9.17, 15) is 10.4 Å². The van der Waals surface area contributed by atoms with E-state index in [0.29, 0.717) is 36.2 Å². The molecular formula is C21H21N7O2. The van der Waals surface area contributed by atoms with Gasteiger partial charge in [0.1, 0.15) is 11.8 Å². The third-order valence-electron chi connectivity index (χ3n) is 5.66. The van der Waals surface area contributed by atoms with E-state index in [1.807, 2.05) is 23.7 Å². The number of aromatic nitrogens is 4. The fraction of sp³-hybridized carbons (Fsp3) is 0.333. The maximum absolute atomic E-state index is 9.90. The van der Waals surface area contributed by atoms with Crippen LogP contribution in [0.2, 0.25) is 0 Å². The van der Waals surface area contributed by atoms with Crippen LogP contribution >= 0.6 is 0 Å². The van der Waals surface area contributed by atoms with E-state index in [1.165, 1.54) is 0 Å². The van der Waals surface area contributed by atoms with Crippen LogP contribution in [0.1, 0.15) is 24.5 Å². The molecule has 0 radical (unpaired) electrons. The predicted octanol–water partition coefficient (Wildman–Crippen LogP) is 2.41. The molecule has 0 fully saturated rings. The standard InChI is InChI=1S/C21H21N7O2/c1-21(12-29)11-24-18-14(9-22)7-13(8-15(18)21)16-3-4-23-20(26-16)27-17-10-25-28-5-2-6-30-19(17)28/h3-4,7-8,10,24,29H,2,5-6,11-12H2,1H3,(H,23,26,27)/t21-/m1/s1. The number of hydrogen-bond acceptors (Lipinski definition) is 8. The second-order valence-corrected chi connectivity index (χ2v) is 7.81. The Labute approximate surface area is 173 Å². The number of aliphatic hydroxyl groups is 1. The monoisotopic (exact) mass is 403 g/mol. The van der Waals surface area contributed by atoms with Crippen molar-refractivity contribution >= 4 is 17.3 Å². The number of aryl methyl sites for hydroxylation is 1. The summed E-state index contributed by atoms with van der Waals surface area (Å²) in [4.78, 5) is 8.95. The lowest BCUT2D eigenvalue weighted by atomic mass is 9.83. The van der Waals surface area contributed by atoms with Crippen molar-refractivity contribution in [1.29, 1.82) is 5.26 Å². The average Bonchev–Trinajstić information content (AvgIpc) is 3.35. The summed E-state index contributed by atoms with van der Waals surface area (Å²) in [5.41, 5.74) is 4.00. The molecule has 9 heteroatoms. The van der Waals surface area contributed by atoms with E-state index in [4.69, 9.17) is 4.74 Å². The topological polar surface area (TPSA) is 121 Å². The van der Waals surface area contributed by atoms with Crippen LogP contribution in [0.25, 0.3) is 11.3 Å². The average molecular weight is 403 g/mol. The van der Waals surface area contributed by atoms with Gasteiger partial charge in [0.15, 0.2) is 0 Å². The SMILES string of the molecule is C[C@]1(CO)CNc2c(C#N)cc(-c3ccnc(Nc4cnn5c4OCCC5)n3)cc21. The van der Waals surface area contributed by atoms with Gasteiger partial charge in [-0.2, -0.15) is 10.4 Å². The van der Waals surface area contributed by atoms with E-state index in [2.05, 4.69) is 31.8 Å². The van der Waals surface area contributed by atoms with Gasteiger partial charge in [0, 0.05) is 36.7 Å². The number of nitriles is 1. The number of aliphatic hydroxyl groups excluding tert-OH is 1. The van der Waals surface area contributed by atoms with Crippen LogP contribution in [0.4, 0.5) is 17.3 Å². The molecule has 2 aliphatic heterocycles. The zero-order valence-electron chi connectivity index (χ0n) is 16.5. The maximum atomic E-state index is 9.90. The van der Waals surface area contributed by atoms with Crippen LogP contribution in [0, 0.1) is 11.3 Å². The van der Waals surface area contributed by atoms with Crippen molar-refractivity contribution in [2.75, 3.05) is 30.4 Å². The largest absolute Gasteiger partial charge is 0.476 e. The maximum Gasteiger partial charge on any atom is 0.236 e. The number of nitrogens with one attached hydrogen (secondary N) is 2. The minimum atomic E-state index is -0.445. The fourth-order valence-electron chi connectivity index (χ4n) is 3.92. The third-order valence-corrected chi connectivity index (χ3v) is 5.66. The molecule has 0 saturated carbocycles. The quantitative estimate of drug-likeness (QED) is 0.607. The summed E-state index contributed by atoms with van der Waals surface area (Å²) in [6.07, 6.45) is 4.31. The number of benzene rings is 1. The molecule has 4 heterocycles. The van der Waals surface area contributed by atoms with Crippen molar-refractivity contribution in [3.8, 4) is 23.2 Å². The fourth-order valence-corrected chi connectivity index (χ4v) is 3.92. The lowest BCUT2D eigenvalue weighted by molar-refractivity contribution is 0.219. The zero-order chi connectivity index (χ0) is 20.7. The highest BCUT2D eigenvalue weighted by atomic mass is 16.5. The molecule has 1 atom stereocenters. The molecule has 152 valence electrons. The summed E-state index contributed by atoms with van der Waals surface area (Å²) >= 11 is 0. The highest BCUT2D eigenvalue weighted by molar-refractivity contribution is 5.76. The molecule has 3 N–H and O–H groups in total. The van der Waals surface area contributed by atoms with Crippen molar-refractivity contribution in [2.24, 2.45) is 0 Å². The van der Waals surface area contributed by atoms with Gasteiger partial charge < -0.3 is 20.5 Å². The van der Waals surface area contributed by atoms with Crippen molar-refractivity contribution in [3.05, 3.63) is 41.7 Å². The molecule has 0 bridgehead atoms. The molecule has 0 amide bonds. The van der Waals surface area contributed by atoms with E-state index in [-0.39, 0.29) is 6.61 Å². The molecule has 0 unspecified atom stereocenters. The van der Waals surface area contributed by atoms with E-state index < -0.39 is 5.41 Å². The Morgan fingerprint density at radius 2 is 2.33 bits per heavy atom. The Hall–Kier alpha value is -3.64. The first-order valence-electron chi connectivity index (χ1n) is 9.84. The summed E-state index contributed by atoms with van der Waals surface area (Å²) in [5, 5.41) is 30.3. The van der Waals surface area contributed by atoms with Crippen LogP contribution in [0.15, 0.2) is 30.6 Å². The second kappa shape index (κ2) is 7.00. The molecule has 5 rings (SSSR count). The molecule has 0 saturated heterocycles. The van der Waals surface area contributed by atoms with Gasteiger partial charge >= 0.3 is 0 Å². The molecule has 0 aliphatic carbocycles. The number of rotatable bonds is 4. The molecular weight excluding hydrogens is 382 g/mol. The van der Waals surface area contributed by atoms with Crippen LogP contribution < -0.4 is 15.4 Å². The van der Waals surface area contributed by atoms with Gasteiger partial charge in [0.2, 0.25) is 11.8 Å². The van der Waals surface area contributed by atoms with Crippen LogP contribution in [0.5, 0.6) is 5.88 Å². The summed E-state index contributed by atoms with van der Waals surface area (Å²) in [6, 6.07) is 7.86. The summed E-state index contributed by atoms with van der Waals surface area (Å²) in [7, 11) is 0. The number of hydrogen-bond donors (Lipinski definition) is 3. The van der Waals surface area contributed by atoms with E-state index >= 15 is 0 Å². The molecule has 3 aromatic rings. The minimum Gasteiger partial charge on any atom is -0.476 e. The molecule has 30 heavy (non-hydrogen) atoms. The Balaban J connectivity index is 1.51. The van der Waals surface area contributed by atoms with Gasteiger partial charge in [-0.3, -0.25) is 0 Å². The number of nitrogens with zero attached hydrogens (tertiary/aromatic N) is 5. The Bertz CT molecular complexity index is 1170. The Morgan fingerprint density at radius 1 is 1.43 bits per heavy atom. The first-order chi connectivity index (χ1) is 14.6. The van der Waals surface area contributed by atoms with Crippen molar-refractivity contribution in [3.63, 3.8) is 0 Å². The van der Waals surface area contributed by atoms with Crippen molar-refractivity contribution in [2.45, 2.75) is 25.3 Å². The minimum absolute atomic E-state index is 0.00926. The number of anilines is 3. The summed E-state index contributed by atoms with van der Waals surface area (Å²) < 4.78 is 7.53. The Kier molecular flexibility index (Phi) is 4.29. The molecule has 1 aromatic carbocycles. The first kappa shape index (κ1) is 18.4. The number of ether oxygens (including phenoxy) is 1. The van der Waals surface area contributed by atoms with Crippen LogP contribution in [-0.4, -0.2) is 44.6 Å². The zero-order valence-corrected chi connectivity index (χ0v) is 16.5. The summed E-state index contributed by atoms with van der Waals surface area (Å²) in [6.45, 7) is 4.03. The highest BCUT2D eigenvalue weighted by Gasteiger charge is 2.36. The molecule has 9 nitrogen and oxygen atoms in total. The second-order valence-electron chi connectivity index (χ2n) is 7.81. The van der Waals surface area contributed by atoms with Gasteiger partial charge in [-0.05, 0) is 23.8 Å². The van der Waals surface area contributed by atoms with Gasteiger partial charge in [-0.1, -0.05) is 6.92 Å². The van der Waals surface area contributed by atoms with Gasteiger partial charge in [-0.15, -0.1) is 0 Å². The normalized spacial score (nSPS) is 19.2. The highest BCUT2D eigenvalue weighted by Crippen LogP contribution is 2.41. The smallest absolute Gasteiger partial charge is 0.236 e. The van der Waals surface area contributed by atoms with Crippen LogP contribution in [0.3, 0.4) is 0 Å². The van der Waals surface area contributed by atoms with E-state index in [1.54, 1.807) is 18.5 Å². The third kappa shape index (κ3) is 2.93. The molecule has 0 spiro atoms. The van der Waals surface area contributed by atoms with Gasteiger partial charge in [0.25, 0.3) is 0 Å². The first-order valence-corrected chi connectivity index (χ1v) is 9.84. The molecule has 2 aromatic heterocycles. The van der Waals surface area contributed by atoms with Gasteiger partial charge in [-0.25, -0.2) is 14.6 Å².